The second-order valence-electron chi connectivity index (χ2n) is 7.10. The summed E-state index contributed by atoms with van der Waals surface area (Å²) >= 11 is 0. The molecule has 30 heavy (non-hydrogen) atoms. The van der Waals surface area contributed by atoms with Crippen molar-refractivity contribution in [1.29, 1.82) is 0 Å². The standard InChI is InChI=1S/C23H22F3N3O/c24-23(25,26)22-14-20(8-9-21(22)17-4-2-1-3-5-17)30-16-18-6-7-19(15-28-18)29-12-10-27-11-13-29/h1-9,14-15,27H,10-13,16H2. The van der Waals surface area contributed by atoms with Crippen molar-refractivity contribution in [2.75, 3.05) is 31.1 Å². The van der Waals surface area contributed by atoms with E-state index >= 15 is 0 Å². The largest absolute Gasteiger partial charge is 0.487 e. The summed E-state index contributed by atoms with van der Waals surface area (Å²) in [7, 11) is 0. The van der Waals surface area contributed by atoms with Crippen molar-refractivity contribution in [1.82, 2.24) is 10.3 Å². The maximum Gasteiger partial charge on any atom is 0.417 e. The average molecular weight is 413 g/mol. The Balaban J connectivity index is 1.48. The molecule has 0 aliphatic carbocycles. The molecule has 1 aliphatic heterocycles. The Morgan fingerprint density at radius 2 is 1.73 bits per heavy atom. The number of pyridine rings is 1. The zero-order chi connectivity index (χ0) is 21.0. The quantitative estimate of drug-likeness (QED) is 0.655. The fourth-order valence-electron chi connectivity index (χ4n) is 3.49. The van der Waals surface area contributed by atoms with E-state index in [4.69, 9.17) is 4.74 Å². The minimum Gasteiger partial charge on any atom is -0.487 e. The van der Waals surface area contributed by atoms with Gasteiger partial charge in [-0.25, -0.2) is 0 Å². The van der Waals surface area contributed by atoms with Crippen LogP contribution >= 0.6 is 0 Å². The number of hydrogen-bond donors (Lipinski definition) is 1. The zero-order valence-corrected chi connectivity index (χ0v) is 16.3. The van der Waals surface area contributed by atoms with Gasteiger partial charge in [-0.15, -0.1) is 0 Å². The maximum absolute atomic E-state index is 13.6. The predicted octanol–water partition coefficient (Wildman–Crippen LogP) is 4.76. The highest BCUT2D eigenvalue weighted by molar-refractivity contribution is 5.69. The smallest absolute Gasteiger partial charge is 0.417 e. The Bertz CT molecular complexity index is 969. The van der Waals surface area contributed by atoms with Crippen LogP contribution in [0.15, 0.2) is 66.9 Å². The highest BCUT2D eigenvalue weighted by Crippen LogP contribution is 2.39. The molecule has 0 spiro atoms. The Kier molecular flexibility index (Phi) is 5.90. The third-order valence-corrected chi connectivity index (χ3v) is 5.06. The van der Waals surface area contributed by atoms with E-state index < -0.39 is 11.7 Å². The molecule has 0 saturated carbocycles. The fraction of sp³-hybridized carbons (Fsp3) is 0.261. The van der Waals surface area contributed by atoms with Gasteiger partial charge in [0, 0.05) is 26.2 Å². The first kappa shape index (κ1) is 20.2. The topological polar surface area (TPSA) is 37.4 Å². The monoisotopic (exact) mass is 413 g/mol. The second-order valence-corrected chi connectivity index (χ2v) is 7.10. The Hall–Kier alpha value is -3.06. The van der Waals surface area contributed by atoms with Gasteiger partial charge < -0.3 is 15.0 Å². The zero-order valence-electron chi connectivity index (χ0n) is 16.3. The van der Waals surface area contributed by atoms with Gasteiger partial charge in [-0.2, -0.15) is 13.2 Å². The summed E-state index contributed by atoms with van der Waals surface area (Å²) in [5.41, 5.74) is 1.63. The van der Waals surface area contributed by atoms with Crippen LogP contribution < -0.4 is 15.0 Å². The summed E-state index contributed by atoms with van der Waals surface area (Å²) < 4.78 is 46.5. The van der Waals surface area contributed by atoms with Crippen LogP contribution in [0.1, 0.15) is 11.3 Å². The van der Waals surface area contributed by atoms with Gasteiger partial charge in [-0.05, 0) is 35.4 Å². The molecule has 1 aliphatic rings. The number of hydrogen-bond acceptors (Lipinski definition) is 4. The molecule has 0 amide bonds. The van der Waals surface area contributed by atoms with Crippen molar-refractivity contribution in [2.24, 2.45) is 0 Å². The van der Waals surface area contributed by atoms with Crippen molar-refractivity contribution in [3.05, 3.63) is 78.1 Å². The summed E-state index contributed by atoms with van der Waals surface area (Å²) in [4.78, 5) is 6.64. The summed E-state index contributed by atoms with van der Waals surface area (Å²) in [6.07, 6.45) is -2.70. The van der Waals surface area contributed by atoms with Crippen molar-refractivity contribution in [3.8, 4) is 16.9 Å². The van der Waals surface area contributed by atoms with Gasteiger partial charge >= 0.3 is 6.18 Å². The Morgan fingerprint density at radius 3 is 2.40 bits per heavy atom. The van der Waals surface area contributed by atoms with Crippen LogP contribution in [-0.2, 0) is 12.8 Å². The lowest BCUT2D eigenvalue weighted by molar-refractivity contribution is -0.137. The van der Waals surface area contributed by atoms with Crippen LogP contribution in [0.2, 0.25) is 0 Å². The molecule has 1 fully saturated rings. The fourth-order valence-corrected chi connectivity index (χ4v) is 3.49. The van der Waals surface area contributed by atoms with Gasteiger partial charge in [-0.3, -0.25) is 4.98 Å². The minimum atomic E-state index is -4.48. The Morgan fingerprint density at radius 1 is 0.967 bits per heavy atom. The summed E-state index contributed by atoms with van der Waals surface area (Å²) in [5, 5.41) is 3.30. The normalized spacial score (nSPS) is 14.6. The molecule has 0 radical (unpaired) electrons. The molecule has 1 saturated heterocycles. The van der Waals surface area contributed by atoms with Crippen molar-refractivity contribution >= 4 is 5.69 Å². The number of rotatable bonds is 5. The lowest BCUT2D eigenvalue weighted by Gasteiger charge is -2.29. The van der Waals surface area contributed by atoms with E-state index in [1.807, 2.05) is 12.1 Å². The van der Waals surface area contributed by atoms with Crippen LogP contribution in [0.3, 0.4) is 0 Å². The van der Waals surface area contributed by atoms with Crippen LogP contribution in [0.4, 0.5) is 18.9 Å². The molecule has 1 N–H and O–H groups in total. The maximum atomic E-state index is 13.6. The number of nitrogens with one attached hydrogen (secondary N) is 1. The molecule has 4 rings (SSSR count). The molecule has 7 heteroatoms. The van der Waals surface area contributed by atoms with Crippen LogP contribution in [0.25, 0.3) is 11.1 Å². The van der Waals surface area contributed by atoms with E-state index in [0.717, 1.165) is 37.9 Å². The predicted molar refractivity (Wildman–Crippen MR) is 111 cm³/mol. The summed E-state index contributed by atoms with van der Waals surface area (Å²) in [5.74, 6) is 0.162. The van der Waals surface area contributed by atoms with E-state index in [1.165, 1.54) is 6.07 Å². The molecular formula is C23H22F3N3O. The van der Waals surface area contributed by atoms with Crippen LogP contribution in [-0.4, -0.2) is 31.2 Å². The SMILES string of the molecule is FC(F)(F)c1cc(OCc2ccc(N3CCNCC3)cn2)ccc1-c1ccccc1. The first-order valence-electron chi connectivity index (χ1n) is 9.81. The van der Waals surface area contributed by atoms with E-state index in [-0.39, 0.29) is 17.9 Å². The third-order valence-electron chi connectivity index (χ3n) is 5.06. The van der Waals surface area contributed by atoms with E-state index in [1.54, 1.807) is 42.6 Å². The first-order chi connectivity index (χ1) is 14.5. The third kappa shape index (κ3) is 4.74. The molecule has 0 unspecified atom stereocenters. The molecule has 4 nitrogen and oxygen atoms in total. The first-order valence-corrected chi connectivity index (χ1v) is 9.81. The molecule has 0 bridgehead atoms. The van der Waals surface area contributed by atoms with Gasteiger partial charge in [0.25, 0.3) is 0 Å². The minimum absolute atomic E-state index is 0.101. The molecular weight excluding hydrogens is 391 g/mol. The number of anilines is 1. The highest BCUT2D eigenvalue weighted by Gasteiger charge is 2.34. The number of alkyl halides is 3. The highest BCUT2D eigenvalue weighted by atomic mass is 19.4. The lowest BCUT2D eigenvalue weighted by atomic mass is 9.99. The van der Waals surface area contributed by atoms with Gasteiger partial charge in [0.2, 0.25) is 0 Å². The van der Waals surface area contributed by atoms with E-state index in [0.29, 0.717) is 11.3 Å². The van der Waals surface area contributed by atoms with Gasteiger partial charge in [0.1, 0.15) is 12.4 Å². The molecule has 0 atom stereocenters. The van der Waals surface area contributed by atoms with Gasteiger partial charge in [-0.1, -0.05) is 36.4 Å². The Labute approximate surface area is 173 Å². The number of benzene rings is 2. The molecule has 2 aromatic carbocycles. The molecule has 3 aromatic rings. The van der Waals surface area contributed by atoms with Crippen LogP contribution in [0.5, 0.6) is 5.75 Å². The van der Waals surface area contributed by atoms with Gasteiger partial charge in [0.05, 0.1) is 23.1 Å². The van der Waals surface area contributed by atoms with Crippen molar-refractivity contribution in [3.63, 3.8) is 0 Å². The van der Waals surface area contributed by atoms with Crippen molar-refractivity contribution < 1.29 is 17.9 Å². The average Bonchev–Trinajstić information content (AvgIpc) is 2.78. The second kappa shape index (κ2) is 8.75. The summed E-state index contributed by atoms with van der Waals surface area (Å²) in [6.45, 7) is 3.82. The number of nitrogens with zero attached hydrogens (tertiary/aromatic N) is 2. The van der Waals surface area contributed by atoms with Crippen LogP contribution in [0, 0.1) is 0 Å². The van der Waals surface area contributed by atoms with Gasteiger partial charge in [0.15, 0.2) is 0 Å². The summed E-state index contributed by atoms with van der Waals surface area (Å²) in [6, 6.07) is 16.4. The van der Waals surface area contributed by atoms with E-state index in [9.17, 15) is 13.2 Å². The number of halogens is 3. The molecule has 1 aromatic heterocycles. The number of ether oxygens (including phenoxy) is 1. The molecule has 2 heterocycles. The lowest BCUT2D eigenvalue weighted by Crippen LogP contribution is -2.43. The number of piperazine rings is 1. The molecule has 156 valence electrons. The van der Waals surface area contributed by atoms with E-state index in [2.05, 4.69) is 15.2 Å². The van der Waals surface area contributed by atoms with Crippen molar-refractivity contribution in [2.45, 2.75) is 12.8 Å². The number of aromatic nitrogens is 1.